The van der Waals surface area contributed by atoms with E-state index in [0.29, 0.717) is 19.5 Å². The zero-order valence-electron chi connectivity index (χ0n) is 9.47. The molecule has 1 N–H and O–H groups in total. The van der Waals surface area contributed by atoms with Crippen molar-refractivity contribution in [3.63, 3.8) is 0 Å². The van der Waals surface area contributed by atoms with Gasteiger partial charge in [-0.05, 0) is 19.4 Å². The first-order valence-corrected chi connectivity index (χ1v) is 5.64. The molecule has 0 amide bonds. The van der Waals surface area contributed by atoms with Crippen LogP contribution in [0.15, 0.2) is 12.1 Å². The second-order valence-corrected chi connectivity index (χ2v) is 3.78. The highest BCUT2D eigenvalue weighted by Crippen LogP contribution is 2.27. The fourth-order valence-electron chi connectivity index (χ4n) is 1.47. The molecule has 1 rings (SSSR count). The second kappa shape index (κ2) is 6.36. The Kier molecular flexibility index (Phi) is 5.11. The average Bonchev–Trinajstić information content (AvgIpc) is 2.29. The number of halogens is 1. The molecule has 0 saturated carbocycles. The van der Waals surface area contributed by atoms with Gasteiger partial charge >= 0.3 is 5.69 Å². The Bertz CT molecular complexity index is 400. The first-order chi connectivity index (χ1) is 8.10. The van der Waals surface area contributed by atoms with E-state index < -0.39 is 4.92 Å². The molecule has 0 saturated heterocycles. The van der Waals surface area contributed by atoms with Gasteiger partial charge < -0.3 is 10.0 Å². The number of aliphatic hydroxyl groups excluding tert-OH is 1. The smallest absolute Gasteiger partial charge is 0.311 e. The van der Waals surface area contributed by atoms with Crippen molar-refractivity contribution in [2.75, 3.05) is 24.6 Å². The number of aromatic nitrogens is 1. The molecule has 0 bridgehead atoms. The number of aliphatic hydroxyl groups is 1. The summed E-state index contributed by atoms with van der Waals surface area (Å²) in [4.78, 5) is 16.1. The summed E-state index contributed by atoms with van der Waals surface area (Å²) in [6.07, 6.45) is 0.527. The molecule has 1 aromatic heterocycles. The zero-order valence-corrected chi connectivity index (χ0v) is 10.2. The van der Waals surface area contributed by atoms with Crippen molar-refractivity contribution < 1.29 is 10.0 Å². The maximum absolute atomic E-state index is 10.9. The van der Waals surface area contributed by atoms with E-state index in [2.05, 4.69) is 4.98 Å². The fraction of sp³-hybridized carbons (Fsp3) is 0.500. The maximum Gasteiger partial charge on any atom is 0.311 e. The van der Waals surface area contributed by atoms with Gasteiger partial charge in [0, 0.05) is 25.8 Å². The number of hydrogen-bond acceptors (Lipinski definition) is 5. The Morgan fingerprint density at radius 2 is 2.29 bits per heavy atom. The van der Waals surface area contributed by atoms with Gasteiger partial charge in [-0.3, -0.25) is 10.1 Å². The minimum absolute atomic E-state index is 0.0326. The monoisotopic (exact) mass is 259 g/mol. The van der Waals surface area contributed by atoms with Crippen LogP contribution < -0.4 is 4.90 Å². The lowest BCUT2D eigenvalue weighted by atomic mass is 10.3. The van der Waals surface area contributed by atoms with Crippen LogP contribution in [0.2, 0.25) is 5.15 Å². The van der Waals surface area contributed by atoms with Gasteiger partial charge in [-0.2, -0.15) is 0 Å². The molecule has 0 aliphatic carbocycles. The van der Waals surface area contributed by atoms with E-state index in [0.717, 1.165) is 0 Å². The standard InChI is InChI=1S/C10H14ClN3O3/c1-2-13(6-3-7-15)10-8(14(16)17)4-5-9(11)12-10/h4-5,15H,2-3,6-7H2,1H3. The molecule has 0 aliphatic rings. The summed E-state index contributed by atoms with van der Waals surface area (Å²) in [6, 6.07) is 2.73. The topological polar surface area (TPSA) is 79.5 Å². The maximum atomic E-state index is 10.9. The number of hydrogen-bond donors (Lipinski definition) is 1. The SMILES string of the molecule is CCN(CCCO)c1nc(Cl)ccc1[N+](=O)[O-]. The molecule has 1 heterocycles. The van der Waals surface area contributed by atoms with Crippen molar-refractivity contribution in [3.05, 3.63) is 27.4 Å². The molecule has 7 heteroatoms. The van der Waals surface area contributed by atoms with Gasteiger partial charge in [0.15, 0.2) is 0 Å². The van der Waals surface area contributed by atoms with Crippen LogP contribution in [0.4, 0.5) is 11.5 Å². The van der Waals surface area contributed by atoms with Crippen LogP contribution in [0.25, 0.3) is 0 Å². The van der Waals surface area contributed by atoms with Crippen LogP contribution >= 0.6 is 11.6 Å². The van der Waals surface area contributed by atoms with Gasteiger partial charge in [0.05, 0.1) is 4.92 Å². The number of nitrogens with zero attached hydrogens (tertiary/aromatic N) is 3. The Balaban J connectivity index is 3.06. The van der Waals surface area contributed by atoms with Crippen LogP contribution in [0.5, 0.6) is 0 Å². The fourth-order valence-corrected chi connectivity index (χ4v) is 1.61. The van der Waals surface area contributed by atoms with Gasteiger partial charge in [0.1, 0.15) is 5.15 Å². The van der Waals surface area contributed by atoms with Crippen molar-refractivity contribution in [1.29, 1.82) is 0 Å². The molecule has 0 aliphatic heterocycles. The largest absolute Gasteiger partial charge is 0.396 e. The van der Waals surface area contributed by atoms with Crippen LogP contribution in [0.1, 0.15) is 13.3 Å². The highest BCUT2D eigenvalue weighted by atomic mass is 35.5. The number of pyridine rings is 1. The molecule has 0 aromatic carbocycles. The summed E-state index contributed by atoms with van der Waals surface area (Å²) in [6.45, 7) is 2.96. The summed E-state index contributed by atoms with van der Waals surface area (Å²) in [7, 11) is 0. The van der Waals surface area contributed by atoms with Gasteiger partial charge in [-0.25, -0.2) is 4.98 Å². The minimum Gasteiger partial charge on any atom is -0.396 e. The number of nitro groups is 1. The zero-order chi connectivity index (χ0) is 12.8. The molecule has 0 atom stereocenters. The van der Waals surface area contributed by atoms with Crippen molar-refractivity contribution in [2.45, 2.75) is 13.3 Å². The van der Waals surface area contributed by atoms with Crippen molar-refractivity contribution in [2.24, 2.45) is 0 Å². The molecule has 0 radical (unpaired) electrons. The summed E-state index contributed by atoms with van der Waals surface area (Å²) in [5.41, 5.74) is -0.0748. The Morgan fingerprint density at radius 1 is 1.59 bits per heavy atom. The third-order valence-electron chi connectivity index (χ3n) is 2.28. The van der Waals surface area contributed by atoms with Crippen LogP contribution in [0.3, 0.4) is 0 Å². The highest BCUT2D eigenvalue weighted by Gasteiger charge is 2.20. The first-order valence-electron chi connectivity index (χ1n) is 5.27. The first kappa shape index (κ1) is 13.7. The van der Waals surface area contributed by atoms with E-state index >= 15 is 0 Å². The lowest BCUT2D eigenvalue weighted by Gasteiger charge is -2.21. The third-order valence-corrected chi connectivity index (χ3v) is 2.50. The van der Waals surface area contributed by atoms with E-state index in [9.17, 15) is 10.1 Å². The molecule has 6 nitrogen and oxygen atoms in total. The molecule has 0 unspecified atom stereocenters. The van der Waals surface area contributed by atoms with Gasteiger partial charge in [0.2, 0.25) is 5.82 Å². The van der Waals surface area contributed by atoms with Gasteiger partial charge in [-0.15, -0.1) is 0 Å². The van der Waals surface area contributed by atoms with E-state index in [4.69, 9.17) is 16.7 Å². The van der Waals surface area contributed by atoms with Crippen molar-refractivity contribution in [3.8, 4) is 0 Å². The minimum atomic E-state index is -0.486. The number of rotatable bonds is 6. The van der Waals surface area contributed by atoms with Gasteiger partial charge in [-0.1, -0.05) is 11.6 Å². The van der Waals surface area contributed by atoms with Crippen molar-refractivity contribution in [1.82, 2.24) is 4.98 Å². The summed E-state index contributed by atoms with van der Waals surface area (Å²) < 4.78 is 0. The van der Waals surface area contributed by atoms with Crippen LogP contribution in [-0.4, -0.2) is 34.7 Å². The summed E-state index contributed by atoms with van der Waals surface area (Å²) in [5, 5.41) is 19.9. The molecule has 1 aromatic rings. The second-order valence-electron chi connectivity index (χ2n) is 3.39. The average molecular weight is 260 g/mol. The predicted octanol–water partition coefficient (Wildman–Crippen LogP) is 1.85. The molecule has 0 spiro atoms. The molecule has 0 fully saturated rings. The lowest BCUT2D eigenvalue weighted by Crippen LogP contribution is -2.26. The molecular weight excluding hydrogens is 246 g/mol. The van der Waals surface area contributed by atoms with E-state index in [1.54, 1.807) is 4.90 Å². The van der Waals surface area contributed by atoms with E-state index in [1.807, 2.05) is 6.92 Å². The molecular formula is C10H14ClN3O3. The Morgan fingerprint density at radius 3 is 2.82 bits per heavy atom. The normalized spacial score (nSPS) is 10.3. The number of anilines is 1. The third kappa shape index (κ3) is 3.54. The van der Waals surface area contributed by atoms with E-state index in [-0.39, 0.29) is 23.3 Å². The summed E-state index contributed by atoms with van der Waals surface area (Å²) >= 11 is 5.75. The van der Waals surface area contributed by atoms with E-state index in [1.165, 1.54) is 12.1 Å². The Hall–Kier alpha value is -1.40. The lowest BCUT2D eigenvalue weighted by molar-refractivity contribution is -0.384. The van der Waals surface area contributed by atoms with Gasteiger partial charge in [0.25, 0.3) is 0 Å². The van der Waals surface area contributed by atoms with Crippen LogP contribution in [0, 0.1) is 10.1 Å². The predicted molar refractivity (Wildman–Crippen MR) is 65.5 cm³/mol. The quantitative estimate of drug-likeness (QED) is 0.479. The molecule has 17 heavy (non-hydrogen) atoms. The molecule has 94 valence electrons. The summed E-state index contributed by atoms with van der Waals surface area (Å²) in [5.74, 6) is 0.249. The van der Waals surface area contributed by atoms with Crippen molar-refractivity contribution >= 4 is 23.1 Å². The van der Waals surface area contributed by atoms with Crippen LogP contribution in [-0.2, 0) is 0 Å². The highest BCUT2D eigenvalue weighted by molar-refractivity contribution is 6.29. The Labute approximate surface area is 104 Å².